The summed E-state index contributed by atoms with van der Waals surface area (Å²) in [6, 6.07) is 6.77. The summed E-state index contributed by atoms with van der Waals surface area (Å²) in [4.78, 5) is 11.9. The monoisotopic (exact) mass is 287 g/mol. The molecule has 0 atom stereocenters. The third-order valence-corrected chi connectivity index (χ3v) is 3.97. The molecule has 2 heterocycles. The number of aromatic nitrogens is 3. The summed E-state index contributed by atoms with van der Waals surface area (Å²) in [5.74, 6) is 0.0937. The number of carboxylic acids is 1. The lowest BCUT2D eigenvalue weighted by atomic mass is 10.1. The van der Waals surface area contributed by atoms with Gasteiger partial charge in [0, 0.05) is 16.6 Å². The molecule has 3 rings (SSSR count). The Morgan fingerprint density at radius 2 is 2.15 bits per heavy atom. The maximum atomic E-state index is 11.1. The second-order valence-electron chi connectivity index (χ2n) is 4.84. The molecule has 1 aromatic carbocycles. The minimum absolute atomic E-state index is 0.251. The Morgan fingerprint density at radius 1 is 1.35 bits per heavy atom. The molecule has 0 amide bonds. The lowest BCUT2D eigenvalue weighted by Crippen LogP contribution is -1.99. The van der Waals surface area contributed by atoms with Crippen LogP contribution in [0.2, 0.25) is 0 Å². The van der Waals surface area contributed by atoms with E-state index in [1.165, 1.54) is 0 Å². The number of benzene rings is 1. The highest BCUT2D eigenvalue weighted by Crippen LogP contribution is 2.28. The van der Waals surface area contributed by atoms with Crippen LogP contribution in [0, 0.1) is 0 Å². The third kappa shape index (κ3) is 1.98. The van der Waals surface area contributed by atoms with E-state index in [0.717, 1.165) is 16.2 Å². The molecule has 0 radical (unpaired) electrons. The molecule has 102 valence electrons. The van der Waals surface area contributed by atoms with Gasteiger partial charge in [-0.15, -0.1) is 21.5 Å². The molecule has 0 saturated carbocycles. The lowest BCUT2D eigenvalue weighted by Gasteiger charge is -2.06. The van der Waals surface area contributed by atoms with Crippen molar-refractivity contribution in [2.45, 2.75) is 19.8 Å². The summed E-state index contributed by atoms with van der Waals surface area (Å²) in [5.41, 5.74) is 2.14. The number of aromatic carboxylic acids is 1. The van der Waals surface area contributed by atoms with Gasteiger partial charge >= 0.3 is 5.97 Å². The zero-order valence-corrected chi connectivity index (χ0v) is 11.9. The van der Waals surface area contributed by atoms with Crippen molar-refractivity contribution in [3.63, 3.8) is 0 Å². The number of thiazole rings is 1. The second-order valence-corrected chi connectivity index (χ2v) is 5.68. The fraction of sp³-hybridized carbons (Fsp3) is 0.214. The molecule has 0 aliphatic rings. The fourth-order valence-electron chi connectivity index (χ4n) is 2.12. The van der Waals surface area contributed by atoms with Crippen LogP contribution in [0.4, 0.5) is 0 Å². The Balaban J connectivity index is 2.21. The number of nitrogens with zero attached hydrogens (tertiary/aromatic N) is 3. The van der Waals surface area contributed by atoms with Crippen LogP contribution in [-0.2, 0) is 0 Å². The SMILES string of the molecule is CC(C)c1csc2nnc(-c3cccc(C(=O)O)c3)n12. The van der Waals surface area contributed by atoms with E-state index in [1.807, 2.05) is 10.5 Å². The van der Waals surface area contributed by atoms with Gasteiger partial charge < -0.3 is 5.11 Å². The summed E-state index contributed by atoms with van der Waals surface area (Å²) in [6.45, 7) is 4.22. The first-order chi connectivity index (χ1) is 9.58. The van der Waals surface area contributed by atoms with Crippen LogP contribution in [0.1, 0.15) is 35.8 Å². The molecule has 1 N–H and O–H groups in total. The molecule has 20 heavy (non-hydrogen) atoms. The molecule has 2 aromatic heterocycles. The zero-order chi connectivity index (χ0) is 14.3. The number of hydrogen-bond acceptors (Lipinski definition) is 4. The van der Waals surface area contributed by atoms with Crippen LogP contribution in [0.15, 0.2) is 29.6 Å². The lowest BCUT2D eigenvalue weighted by molar-refractivity contribution is 0.0697. The van der Waals surface area contributed by atoms with Gasteiger partial charge in [-0.05, 0) is 18.1 Å². The Bertz CT molecular complexity index is 789. The van der Waals surface area contributed by atoms with Crippen molar-refractivity contribution < 1.29 is 9.90 Å². The van der Waals surface area contributed by atoms with Gasteiger partial charge in [0.15, 0.2) is 5.82 Å². The first-order valence-electron chi connectivity index (χ1n) is 6.24. The van der Waals surface area contributed by atoms with E-state index in [0.29, 0.717) is 11.7 Å². The predicted octanol–water partition coefficient (Wildman–Crippen LogP) is 3.28. The van der Waals surface area contributed by atoms with Gasteiger partial charge in [0.05, 0.1) is 5.56 Å². The van der Waals surface area contributed by atoms with E-state index in [4.69, 9.17) is 5.11 Å². The van der Waals surface area contributed by atoms with Gasteiger partial charge in [-0.1, -0.05) is 26.0 Å². The van der Waals surface area contributed by atoms with E-state index in [-0.39, 0.29) is 5.56 Å². The quantitative estimate of drug-likeness (QED) is 0.802. The third-order valence-electron chi connectivity index (χ3n) is 3.14. The van der Waals surface area contributed by atoms with Gasteiger partial charge in [-0.3, -0.25) is 4.40 Å². The zero-order valence-electron chi connectivity index (χ0n) is 11.1. The Morgan fingerprint density at radius 3 is 2.85 bits per heavy atom. The maximum absolute atomic E-state index is 11.1. The number of carbonyl (C=O) groups is 1. The van der Waals surface area contributed by atoms with Gasteiger partial charge in [0.25, 0.3) is 0 Å². The summed E-state index contributed by atoms with van der Waals surface area (Å²) in [5, 5.41) is 19.5. The fourth-order valence-corrected chi connectivity index (χ4v) is 3.11. The highest BCUT2D eigenvalue weighted by atomic mass is 32.1. The van der Waals surface area contributed by atoms with Gasteiger partial charge in [0.2, 0.25) is 4.96 Å². The molecule has 3 aromatic rings. The summed E-state index contributed by atoms with van der Waals surface area (Å²) in [6.07, 6.45) is 0. The average Bonchev–Trinajstić information content (AvgIpc) is 2.99. The van der Waals surface area contributed by atoms with E-state index in [1.54, 1.807) is 29.5 Å². The minimum Gasteiger partial charge on any atom is -0.478 e. The molecule has 6 heteroatoms. The molecular formula is C14H13N3O2S. The Hall–Kier alpha value is -2.21. The van der Waals surface area contributed by atoms with Crippen LogP contribution >= 0.6 is 11.3 Å². The number of fused-ring (bicyclic) bond motifs is 1. The maximum Gasteiger partial charge on any atom is 0.335 e. The summed E-state index contributed by atoms with van der Waals surface area (Å²) < 4.78 is 2.00. The van der Waals surface area contributed by atoms with Gasteiger partial charge in [0.1, 0.15) is 0 Å². The highest BCUT2D eigenvalue weighted by Gasteiger charge is 2.16. The molecule has 0 unspecified atom stereocenters. The normalized spacial score (nSPS) is 11.3. The molecule has 0 spiro atoms. The molecule has 0 fully saturated rings. The number of hydrogen-bond donors (Lipinski definition) is 1. The van der Waals surface area contributed by atoms with E-state index < -0.39 is 5.97 Å². The molecule has 0 bridgehead atoms. The first kappa shape index (κ1) is 12.8. The topological polar surface area (TPSA) is 67.5 Å². The summed E-state index contributed by atoms with van der Waals surface area (Å²) in [7, 11) is 0. The Kier molecular flexibility index (Phi) is 3.02. The van der Waals surface area contributed by atoms with Crippen molar-refractivity contribution in [1.82, 2.24) is 14.6 Å². The van der Waals surface area contributed by atoms with Crippen LogP contribution in [-0.4, -0.2) is 25.7 Å². The van der Waals surface area contributed by atoms with Gasteiger partial charge in [-0.25, -0.2) is 4.79 Å². The number of carboxylic acid groups (broad SMARTS) is 1. The standard InChI is InChI=1S/C14H13N3O2S/c1-8(2)11-7-20-14-16-15-12(17(11)14)9-4-3-5-10(6-9)13(18)19/h3-8H,1-2H3,(H,18,19). The van der Waals surface area contributed by atoms with Crippen molar-refractivity contribution in [2.24, 2.45) is 0 Å². The molecule has 0 saturated heterocycles. The van der Waals surface area contributed by atoms with E-state index in [2.05, 4.69) is 29.4 Å². The largest absolute Gasteiger partial charge is 0.478 e. The predicted molar refractivity (Wildman–Crippen MR) is 77.3 cm³/mol. The number of rotatable bonds is 3. The van der Waals surface area contributed by atoms with Crippen LogP contribution in [0.25, 0.3) is 16.3 Å². The van der Waals surface area contributed by atoms with Crippen molar-refractivity contribution in [3.05, 3.63) is 40.9 Å². The summed E-state index contributed by atoms with van der Waals surface area (Å²) >= 11 is 1.54. The van der Waals surface area contributed by atoms with Crippen molar-refractivity contribution in [1.29, 1.82) is 0 Å². The average molecular weight is 287 g/mol. The van der Waals surface area contributed by atoms with Gasteiger partial charge in [-0.2, -0.15) is 0 Å². The van der Waals surface area contributed by atoms with Crippen LogP contribution in [0.3, 0.4) is 0 Å². The molecule has 0 aliphatic carbocycles. The smallest absolute Gasteiger partial charge is 0.335 e. The molecule has 0 aliphatic heterocycles. The molecule has 5 nitrogen and oxygen atoms in total. The second kappa shape index (κ2) is 4.72. The van der Waals surface area contributed by atoms with Crippen molar-refractivity contribution in [2.75, 3.05) is 0 Å². The van der Waals surface area contributed by atoms with E-state index >= 15 is 0 Å². The minimum atomic E-state index is -0.943. The van der Waals surface area contributed by atoms with Crippen molar-refractivity contribution in [3.8, 4) is 11.4 Å². The first-order valence-corrected chi connectivity index (χ1v) is 7.12. The Labute approximate surface area is 119 Å². The molecular weight excluding hydrogens is 274 g/mol. The highest BCUT2D eigenvalue weighted by molar-refractivity contribution is 7.15. The van der Waals surface area contributed by atoms with Crippen LogP contribution < -0.4 is 0 Å². The van der Waals surface area contributed by atoms with E-state index in [9.17, 15) is 4.79 Å². The van der Waals surface area contributed by atoms with Crippen LogP contribution in [0.5, 0.6) is 0 Å². The van der Waals surface area contributed by atoms with Crippen molar-refractivity contribution >= 4 is 22.3 Å².